The molecule has 0 saturated heterocycles. The van der Waals surface area contributed by atoms with E-state index >= 15 is 0 Å². The fourth-order valence-corrected chi connectivity index (χ4v) is 1.99. The molecule has 0 aliphatic carbocycles. The molecule has 0 heterocycles. The first-order chi connectivity index (χ1) is 9.45. The zero-order valence-corrected chi connectivity index (χ0v) is 14.3. The molecular weight excluding hydrogens is 240 g/mol. The number of hydrogen-bond acceptors (Lipinski definition) is 0. The monoisotopic (exact) mass is 273 g/mol. The van der Waals surface area contributed by atoms with Gasteiger partial charge in [0.2, 0.25) is 0 Å². The lowest BCUT2D eigenvalue weighted by Crippen LogP contribution is -1.82. The molecule has 0 N–H and O–H groups in total. The predicted molar refractivity (Wildman–Crippen MR) is 93.8 cm³/mol. The summed E-state index contributed by atoms with van der Waals surface area (Å²) in [4.78, 5) is 0. The van der Waals surface area contributed by atoms with Gasteiger partial charge in [0.05, 0.1) is 0 Å². The molecule has 0 amide bonds. The number of allylic oxidation sites excluding steroid dienone is 8. The fourth-order valence-electron chi connectivity index (χ4n) is 1.99. The summed E-state index contributed by atoms with van der Waals surface area (Å²) in [5, 5.41) is 0. The largest absolute Gasteiger partial charge is 0.0856 e. The van der Waals surface area contributed by atoms with Crippen LogP contribution in [-0.4, -0.2) is 0 Å². The van der Waals surface area contributed by atoms with Crippen molar-refractivity contribution >= 4 is 0 Å². The van der Waals surface area contributed by atoms with Gasteiger partial charge in [0.25, 0.3) is 0 Å². The molecule has 113 valence electrons. The van der Waals surface area contributed by atoms with Crippen molar-refractivity contribution in [3.8, 4) is 0 Å². The maximum Gasteiger partial charge on any atom is -0.0288 e. The Labute approximate surface area is 127 Å². The lowest BCUT2D eigenvalue weighted by atomic mass is 10.0. The molecule has 0 heteroatoms. The molecule has 0 bridgehead atoms. The zero-order valence-electron chi connectivity index (χ0n) is 14.3. The zero-order chi connectivity index (χ0) is 15.4. The second-order valence-corrected chi connectivity index (χ2v) is 6.05. The topological polar surface area (TPSA) is 0 Å². The van der Waals surface area contributed by atoms with Crippen molar-refractivity contribution in [3.63, 3.8) is 0 Å². The summed E-state index contributed by atoms with van der Waals surface area (Å²) < 4.78 is 0. The van der Waals surface area contributed by atoms with Crippen molar-refractivity contribution < 1.29 is 0 Å². The normalized spacial score (nSPS) is 13.6. The molecular formula is C20H33. The van der Waals surface area contributed by atoms with Gasteiger partial charge in [-0.25, -0.2) is 0 Å². The fraction of sp³-hybridized carbons (Fsp3) is 0.550. The molecule has 0 aliphatic rings. The van der Waals surface area contributed by atoms with Crippen molar-refractivity contribution in [2.24, 2.45) is 0 Å². The molecule has 20 heavy (non-hydrogen) atoms. The minimum atomic E-state index is 1.14. The Morgan fingerprint density at radius 3 is 1.45 bits per heavy atom. The van der Waals surface area contributed by atoms with Crippen LogP contribution in [-0.2, 0) is 0 Å². The first kappa shape index (κ1) is 19.0. The van der Waals surface area contributed by atoms with Gasteiger partial charge in [-0.05, 0) is 80.1 Å². The summed E-state index contributed by atoms with van der Waals surface area (Å²) in [6.45, 7) is 14.8. The lowest BCUT2D eigenvalue weighted by molar-refractivity contribution is 0.900. The summed E-state index contributed by atoms with van der Waals surface area (Å²) in [6.07, 6.45) is 16.1. The Morgan fingerprint density at radius 2 is 1.05 bits per heavy atom. The summed E-state index contributed by atoms with van der Waals surface area (Å²) in [5.74, 6) is 0. The third-order valence-electron chi connectivity index (χ3n) is 3.50. The van der Waals surface area contributed by atoms with E-state index in [1.165, 1.54) is 48.0 Å². The Kier molecular flexibility index (Phi) is 11.1. The predicted octanol–water partition coefficient (Wildman–Crippen LogP) is 6.97. The van der Waals surface area contributed by atoms with Gasteiger partial charge in [0, 0.05) is 0 Å². The van der Waals surface area contributed by atoms with Crippen LogP contribution in [0, 0.1) is 6.92 Å². The van der Waals surface area contributed by atoms with Crippen molar-refractivity contribution in [3.05, 3.63) is 53.5 Å². The Bertz CT molecular complexity index is 371. The average Bonchev–Trinajstić information content (AvgIpc) is 2.38. The van der Waals surface area contributed by atoms with Crippen molar-refractivity contribution in [1.82, 2.24) is 0 Å². The standard InChI is InChI=1S/C20H33/c1-7-18(4)12-9-14-20(6)16-10-15-19(5)13-8-11-17(2)3/h7,11,14-15H,1,8-10,12-13,16H2,2-6H3/b18-7?,19-15+,20-14+. The summed E-state index contributed by atoms with van der Waals surface area (Å²) in [7, 11) is 0. The van der Waals surface area contributed by atoms with E-state index < -0.39 is 0 Å². The van der Waals surface area contributed by atoms with Gasteiger partial charge in [0.1, 0.15) is 0 Å². The SMILES string of the molecule is [CH2]C=C(C)CC/C=C(\C)CC/C=C(\C)CCC=C(C)C. The van der Waals surface area contributed by atoms with Crippen LogP contribution in [0.4, 0.5) is 0 Å². The highest BCUT2D eigenvalue weighted by atomic mass is 14.0. The van der Waals surface area contributed by atoms with Crippen LogP contribution in [0.25, 0.3) is 0 Å². The van der Waals surface area contributed by atoms with Crippen LogP contribution in [0.15, 0.2) is 46.6 Å². The first-order valence-corrected chi connectivity index (χ1v) is 7.85. The number of rotatable bonds is 9. The Balaban J connectivity index is 3.91. The minimum absolute atomic E-state index is 1.14. The highest BCUT2D eigenvalue weighted by Gasteiger charge is 1.92. The van der Waals surface area contributed by atoms with E-state index in [2.05, 4.69) is 59.8 Å². The molecule has 0 aromatic carbocycles. The third kappa shape index (κ3) is 12.0. The summed E-state index contributed by atoms with van der Waals surface area (Å²) in [5.41, 5.74) is 5.83. The molecule has 0 aromatic rings. The second kappa shape index (κ2) is 11.8. The summed E-state index contributed by atoms with van der Waals surface area (Å²) in [6, 6.07) is 0. The van der Waals surface area contributed by atoms with Crippen LogP contribution in [0.5, 0.6) is 0 Å². The van der Waals surface area contributed by atoms with Crippen LogP contribution >= 0.6 is 0 Å². The molecule has 0 saturated carbocycles. The molecule has 0 aliphatic heterocycles. The minimum Gasteiger partial charge on any atom is -0.0856 e. The van der Waals surface area contributed by atoms with E-state index in [0.29, 0.717) is 0 Å². The van der Waals surface area contributed by atoms with E-state index in [1.807, 2.05) is 6.08 Å². The van der Waals surface area contributed by atoms with E-state index in [0.717, 1.165) is 12.8 Å². The first-order valence-electron chi connectivity index (χ1n) is 7.85. The average molecular weight is 273 g/mol. The van der Waals surface area contributed by atoms with Crippen LogP contribution in [0.3, 0.4) is 0 Å². The maximum absolute atomic E-state index is 3.79. The van der Waals surface area contributed by atoms with E-state index in [-0.39, 0.29) is 0 Å². The van der Waals surface area contributed by atoms with E-state index in [4.69, 9.17) is 0 Å². The van der Waals surface area contributed by atoms with Gasteiger partial charge in [0.15, 0.2) is 0 Å². The highest BCUT2D eigenvalue weighted by Crippen LogP contribution is 2.13. The smallest absolute Gasteiger partial charge is 0.0288 e. The quantitative estimate of drug-likeness (QED) is 0.398. The van der Waals surface area contributed by atoms with Crippen molar-refractivity contribution in [2.45, 2.75) is 73.1 Å². The maximum atomic E-state index is 3.79. The molecule has 0 atom stereocenters. The van der Waals surface area contributed by atoms with Gasteiger partial charge >= 0.3 is 0 Å². The Morgan fingerprint density at radius 1 is 0.650 bits per heavy atom. The Hall–Kier alpha value is -1.04. The molecule has 0 spiro atoms. The molecule has 0 unspecified atom stereocenters. The second-order valence-electron chi connectivity index (χ2n) is 6.05. The third-order valence-corrected chi connectivity index (χ3v) is 3.50. The molecule has 1 radical (unpaired) electrons. The molecule has 0 nitrogen and oxygen atoms in total. The van der Waals surface area contributed by atoms with Crippen LogP contribution in [0.1, 0.15) is 73.1 Å². The molecule has 0 fully saturated rings. The van der Waals surface area contributed by atoms with Gasteiger partial charge in [-0.15, -0.1) is 0 Å². The van der Waals surface area contributed by atoms with Crippen molar-refractivity contribution in [2.75, 3.05) is 0 Å². The number of hydrogen-bond donors (Lipinski definition) is 0. The molecule has 0 aromatic heterocycles. The van der Waals surface area contributed by atoms with Crippen molar-refractivity contribution in [1.29, 1.82) is 0 Å². The van der Waals surface area contributed by atoms with Gasteiger partial charge in [-0.2, -0.15) is 0 Å². The molecule has 0 rings (SSSR count). The van der Waals surface area contributed by atoms with E-state index in [9.17, 15) is 0 Å². The van der Waals surface area contributed by atoms with Gasteiger partial charge in [-0.1, -0.05) is 46.6 Å². The van der Waals surface area contributed by atoms with Gasteiger partial charge in [-0.3, -0.25) is 0 Å². The van der Waals surface area contributed by atoms with E-state index in [1.54, 1.807) is 0 Å². The lowest BCUT2D eigenvalue weighted by Gasteiger charge is -2.02. The summed E-state index contributed by atoms with van der Waals surface area (Å²) >= 11 is 0. The van der Waals surface area contributed by atoms with Crippen LogP contribution in [0.2, 0.25) is 0 Å². The van der Waals surface area contributed by atoms with Gasteiger partial charge < -0.3 is 0 Å². The van der Waals surface area contributed by atoms with Crippen LogP contribution < -0.4 is 0 Å². The highest BCUT2D eigenvalue weighted by molar-refractivity contribution is 5.07.